The molecule has 2 heteroatoms. The highest BCUT2D eigenvalue weighted by Gasteiger charge is 2.37. The molecule has 2 heterocycles. The summed E-state index contributed by atoms with van der Waals surface area (Å²) in [6.45, 7) is 3.57. The quantitative estimate of drug-likeness (QED) is 0.717. The molecule has 2 aliphatic heterocycles. The van der Waals surface area contributed by atoms with Crippen molar-refractivity contribution < 1.29 is 0 Å². The molecule has 1 saturated carbocycles. The summed E-state index contributed by atoms with van der Waals surface area (Å²) < 4.78 is 0. The first-order valence-corrected chi connectivity index (χ1v) is 7.54. The lowest BCUT2D eigenvalue weighted by molar-refractivity contribution is 0.137. The Morgan fingerprint density at radius 1 is 0.941 bits per heavy atom. The molecule has 3 rings (SSSR count). The second kappa shape index (κ2) is 5.53. The van der Waals surface area contributed by atoms with Crippen molar-refractivity contribution in [3.63, 3.8) is 0 Å². The van der Waals surface area contributed by atoms with E-state index in [0.717, 1.165) is 30.3 Å². The van der Waals surface area contributed by atoms with Gasteiger partial charge in [-0.25, -0.2) is 0 Å². The first-order chi connectivity index (χ1) is 8.45. The van der Waals surface area contributed by atoms with E-state index in [9.17, 15) is 0 Å². The summed E-state index contributed by atoms with van der Waals surface area (Å²) in [6.07, 6.45) is 13.3. The van der Waals surface area contributed by atoms with Crippen LogP contribution in [0.4, 0.5) is 0 Å². The maximum Gasteiger partial charge on any atom is 0.0148 e. The molecule has 0 amide bonds. The summed E-state index contributed by atoms with van der Waals surface area (Å²) in [5.41, 5.74) is 0. The summed E-state index contributed by atoms with van der Waals surface area (Å²) in [7, 11) is 0. The van der Waals surface area contributed by atoms with Gasteiger partial charge in [-0.05, 0) is 43.7 Å². The first kappa shape index (κ1) is 11.7. The Morgan fingerprint density at radius 2 is 1.82 bits per heavy atom. The monoisotopic (exact) mass is 234 g/mol. The number of piperidine rings is 1. The lowest BCUT2D eigenvalue weighted by Gasteiger charge is -2.41. The van der Waals surface area contributed by atoms with Gasteiger partial charge in [0.1, 0.15) is 0 Å². The zero-order valence-electron chi connectivity index (χ0n) is 10.8. The fraction of sp³-hybridized carbons (Fsp3) is 0.867. The molecule has 0 bridgehead atoms. The van der Waals surface area contributed by atoms with E-state index >= 15 is 0 Å². The van der Waals surface area contributed by atoms with Crippen molar-refractivity contribution in [3.8, 4) is 0 Å². The highest BCUT2D eigenvalue weighted by Crippen LogP contribution is 2.40. The third-order valence-electron chi connectivity index (χ3n) is 5.16. The predicted molar refractivity (Wildman–Crippen MR) is 72.0 cm³/mol. The molecule has 3 atom stereocenters. The summed E-state index contributed by atoms with van der Waals surface area (Å²) in [5, 5.41) is 7.34. The Kier molecular flexibility index (Phi) is 3.82. The summed E-state index contributed by atoms with van der Waals surface area (Å²) in [4.78, 5) is 0. The summed E-state index contributed by atoms with van der Waals surface area (Å²) in [6, 6.07) is 0.735. The average Bonchev–Trinajstić information content (AvgIpc) is 2.94. The van der Waals surface area contributed by atoms with Crippen LogP contribution in [-0.2, 0) is 0 Å². The molecule has 0 aromatic carbocycles. The molecule has 96 valence electrons. The van der Waals surface area contributed by atoms with E-state index in [-0.39, 0.29) is 0 Å². The molecular formula is C15H26N2. The average molecular weight is 234 g/mol. The number of hydrogen-bond donors (Lipinski definition) is 2. The molecule has 0 aromatic rings. The van der Waals surface area contributed by atoms with E-state index in [1.165, 1.54) is 51.6 Å². The van der Waals surface area contributed by atoms with E-state index in [4.69, 9.17) is 0 Å². The molecule has 0 aromatic heterocycles. The van der Waals surface area contributed by atoms with Gasteiger partial charge in [0.2, 0.25) is 0 Å². The van der Waals surface area contributed by atoms with E-state index in [1.54, 1.807) is 0 Å². The lowest BCUT2D eigenvalue weighted by atomic mass is 9.72. The zero-order valence-corrected chi connectivity index (χ0v) is 10.8. The fourth-order valence-corrected chi connectivity index (χ4v) is 4.27. The maximum atomic E-state index is 3.72. The normalized spacial score (nSPS) is 39.6. The van der Waals surface area contributed by atoms with E-state index in [1.807, 2.05) is 0 Å². The predicted octanol–water partition coefficient (Wildman–Crippen LogP) is 2.32. The van der Waals surface area contributed by atoms with Crippen molar-refractivity contribution in [1.29, 1.82) is 0 Å². The minimum absolute atomic E-state index is 0.735. The standard InChI is InChI=1S/C15H26N2/c1-2-6-12(5-1)13-8-10-16-11-14(13)15-7-3-4-9-17-15/h3-4,12-17H,1-2,5-11H2. The molecular weight excluding hydrogens is 208 g/mol. The molecule has 3 aliphatic rings. The SMILES string of the molecule is C1=CCC(C2CNCCC2C2CCCC2)NC1. The van der Waals surface area contributed by atoms with Crippen LogP contribution < -0.4 is 10.6 Å². The van der Waals surface area contributed by atoms with Crippen LogP contribution in [0.5, 0.6) is 0 Å². The summed E-state index contributed by atoms with van der Waals surface area (Å²) >= 11 is 0. The van der Waals surface area contributed by atoms with Crippen molar-refractivity contribution in [2.45, 2.75) is 44.6 Å². The Hall–Kier alpha value is -0.340. The fourth-order valence-electron chi connectivity index (χ4n) is 4.27. The first-order valence-electron chi connectivity index (χ1n) is 7.54. The third kappa shape index (κ3) is 2.58. The van der Waals surface area contributed by atoms with Crippen molar-refractivity contribution in [3.05, 3.63) is 12.2 Å². The molecule has 17 heavy (non-hydrogen) atoms. The zero-order chi connectivity index (χ0) is 11.5. The third-order valence-corrected chi connectivity index (χ3v) is 5.16. The van der Waals surface area contributed by atoms with Gasteiger partial charge in [0, 0.05) is 12.6 Å². The van der Waals surface area contributed by atoms with Crippen LogP contribution in [-0.4, -0.2) is 25.7 Å². The second-order valence-corrected chi connectivity index (χ2v) is 6.09. The van der Waals surface area contributed by atoms with Crippen LogP contribution in [0, 0.1) is 17.8 Å². The van der Waals surface area contributed by atoms with Gasteiger partial charge in [0.25, 0.3) is 0 Å². The molecule has 0 spiro atoms. The lowest BCUT2D eigenvalue weighted by Crippen LogP contribution is -2.50. The van der Waals surface area contributed by atoms with Gasteiger partial charge in [-0.15, -0.1) is 0 Å². The van der Waals surface area contributed by atoms with E-state index in [0.29, 0.717) is 0 Å². The summed E-state index contributed by atoms with van der Waals surface area (Å²) in [5.74, 6) is 2.90. The van der Waals surface area contributed by atoms with Gasteiger partial charge < -0.3 is 10.6 Å². The Balaban J connectivity index is 1.68. The van der Waals surface area contributed by atoms with Crippen molar-refractivity contribution in [2.75, 3.05) is 19.6 Å². The van der Waals surface area contributed by atoms with Crippen LogP contribution in [0.1, 0.15) is 38.5 Å². The van der Waals surface area contributed by atoms with Crippen LogP contribution in [0.25, 0.3) is 0 Å². The molecule has 3 unspecified atom stereocenters. The highest BCUT2D eigenvalue weighted by atomic mass is 15.0. The minimum Gasteiger partial charge on any atom is -0.316 e. The van der Waals surface area contributed by atoms with Gasteiger partial charge >= 0.3 is 0 Å². The Bertz CT molecular complexity index is 268. The van der Waals surface area contributed by atoms with Crippen LogP contribution in [0.3, 0.4) is 0 Å². The Labute approximate surface area is 105 Å². The van der Waals surface area contributed by atoms with Crippen molar-refractivity contribution in [1.82, 2.24) is 10.6 Å². The molecule has 1 saturated heterocycles. The van der Waals surface area contributed by atoms with E-state index < -0.39 is 0 Å². The highest BCUT2D eigenvalue weighted by molar-refractivity contribution is 5.00. The molecule has 2 nitrogen and oxygen atoms in total. The van der Waals surface area contributed by atoms with Gasteiger partial charge in [-0.1, -0.05) is 37.8 Å². The topological polar surface area (TPSA) is 24.1 Å². The minimum atomic E-state index is 0.735. The largest absolute Gasteiger partial charge is 0.316 e. The van der Waals surface area contributed by atoms with Gasteiger partial charge in [-0.2, -0.15) is 0 Å². The molecule has 1 aliphatic carbocycles. The van der Waals surface area contributed by atoms with Crippen LogP contribution >= 0.6 is 0 Å². The number of nitrogens with one attached hydrogen (secondary N) is 2. The number of hydrogen-bond acceptors (Lipinski definition) is 2. The van der Waals surface area contributed by atoms with Gasteiger partial charge in [0.05, 0.1) is 0 Å². The maximum absolute atomic E-state index is 3.72. The molecule has 2 N–H and O–H groups in total. The number of rotatable bonds is 2. The molecule has 2 fully saturated rings. The van der Waals surface area contributed by atoms with Crippen LogP contribution in [0.2, 0.25) is 0 Å². The van der Waals surface area contributed by atoms with Gasteiger partial charge in [-0.3, -0.25) is 0 Å². The van der Waals surface area contributed by atoms with Crippen LogP contribution in [0.15, 0.2) is 12.2 Å². The van der Waals surface area contributed by atoms with Crippen molar-refractivity contribution in [2.24, 2.45) is 17.8 Å². The Morgan fingerprint density at radius 3 is 2.59 bits per heavy atom. The second-order valence-electron chi connectivity index (χ2n) is 6.09. The van der Waals surface area contributed by atoms with Crippen molar-refractivity contribution >= 4 is 0 Å². The smallest absolute Gasteiger partial charge is 0.0148 e. The van der Waals surface area contributed by atoms with Gasteiger partial charge in [0.15, 0.2) is 0 Å². The van der Waals surface area contributed by atoms with E-state index in [2.05, 4.69) is 22.8 Å². The molecule has 0 radical (unpaired) electrons.